The maximum absolute atomic E-state index is 12.1. The van der Waals surface area contributed by atoms with Crippen LogP contribution in [0.3, 0.4) is 0 Å². The fraction of sp³-hybridized carbons (Fsp3) is 0. The number of aromatic nitrogens is 4. The van der Waals surface area contributed by atoms with E-state index in [1.54, 1.807) is 12.1 Å². The lowest BCUT2D eigenvalue weighted by atomic mass is 10.3. The van der Waals surface area contributed by atoms with Crippen molar-refractivity contribution >= 4 is 22.5 Å². The van der Waals surface area contributed by atoms with Gasteiger partial charge in [-0.25, -0.2) is 0 Å². The zero-order valence-electron chi connectivity index (χ0n) is 8.59. The summed E-state index contributed by atoms with van der Waals surface area (Å²) in [6.45, 7) is 0. The smallest absolute Gasteiger partial charge is 0.274 e. The lowest BCUT2D eigenvalue weighted by molar-refractivity contribution is 0.821. The van der Waals surface area contributed by atoms with E-state index in [1.807, 2.05) is 18.2 Å². The normalized spacial score (nSPS) is 10.9. The number of hydrogen-bond donors (Lipinski definition) is 1. The molecule has 0 saturated carbocycles. The molecule has 0 atom stereocenters. The molecule has 6 heteroatoms. The highest BCUT2D eigenvalue weighted by Gasteiger charge is 2.11. The highest BCUT2D eigenvalue weighted by atomic mass is 35.5. The molecule has 0 bridgehead atoms. The number of hydrogen-bond acceptors (Lipinski definition) is 3. The molecule has 0 aliphatic carbocycles. The van der Waals surface area contributed by atoms with Crippen molar-refractivity contribution in [3.05, 3.63) is 52.0 Å². The third-order valence-electron chi connectivity index (χ3n) is 2.46. The van der Waals surface area contributed by atoms with Crippen LogP contribution >= 0.6 is 11.6 Å². The number of aromatic amines is 1. The molecule has 0 fully saturated rings. The second-order valence-corrected chi connectivity index (χ2v) is 3.86. The van der Waals surface area contributed by atoms with E-state index in [9.17, 15) is 4.79 Å². The molecule has 0 amide bonds. The van der Waals surface area contributed by atoms with Crippen LogP contribution in [0.4, 0.5) is 0 Å². The van der Waals surface area contributed by atoms with Crippen LogP contribution in [0.2, 0.25) is 5.15 Å². The van der Waals surface area contributed by atoms with E-state index in [2.05, 4.69) is 15.3 Å². The molecule has 1 N–H and O–H groups in total. The number of nitrogens with zero attached hydrogens (tertiary/aromatic N) is 3. The Hall–Kier alpha value is -2.14. The Balaban J connectivity index is 2.39. The molecule has 3 aromatic rings. The first-order chi connectivity index (χ1) is 8.27. The number of H-pyrrole nitrogens is 1. The first-order valence-corrected chi connectivity index (χ1v) is 5.32. The summed E-state index contributed by atoms with van der Waals surface area (Å²) in [5.41, 5.74) is 0.885. The molecule has 0 aliphatic heterocycles. The van der Waals surface area contributed by atoms with Crippen molar-refractivity contribution in [1.29, 1.82) is 0 Å². The highest BCUT2D eigenvalue weighted by Crippen LogP contribution is 2.15. The molecule has 0 radical (unpaired) electrons. The first kappa shape index (κ1) is 10.0. The van der Waals surface area contributed by atoms with Gasteiger partial charge in [0.05, 0.1) is 17.3 Å². The van der Waals surface area contributed by atoms with Crippen LogP contribution in [0.1, 0.15) is 0 Å². The molecule has 3 rings (SSSR count). The quantitative estimate of drug-likeness (QED) is 0.712. The third kappa shape index (κ3) is 1.52. The van der Waals surface area contributed by atoms with Gasteiger partial charge in [0.15, 0.2) is 5.15 Å². The van der Waals surface area contributed by atoms with Crippen molar-refractivity contribution in [2.75, 3.05) is 0 Å². The summed E-state index contributed by atoms with van der Waals surface area (Å²) in [4.78, 5) is 12.1. The van der Waals surface area contributed by atoms with Crippen LogP contribution in [0.15, 0.2) is 41.3 Å². The van der Waals surface area contributed by atoms with Gasteiger partial charge in [0.1, 0.15) is 5.52 Å². The Kier molecular flexibility index (Phi) is 2.19. The second-order valence-electron chi connectivity index (χ2n) is 3.50. The number of para-hydroxylation sites is 1. The number of rotatable bonds is 1. The van der Waals surface area contributed by atoms with Crippen molar-refractivity contribution in [3.63, 3.8) is 0 Å². The van der Waals surface area contributed by atoms with Crippen LogP contribution in [-0.4, -0.2) is 20.0 Å². The Labute approximate surface area is 101 Å². The van der Waals surface area contributed by atoms with Crippen molar-refractivity contribution in [1.82, 2.24) is 20.0 Å². The zero-order chi connectivity index (χ0) is 11.8. The number of nitrogens with one attached hydrogen (secondary N) is 1. The van der Waals surface area contributed by atoms with Crippen molar-refractivity contribution in [3.8, 4) is 5.69 Å². The van der Waals surface area contributed by atoms with E-state index >= 15 is 0 Å². The molecule has 2 aromatic heterocycles. The van der Waals surface area contributed by atoms with Gasteiger partial charge in [-0.05, 0) is 12.1 Å². The third-order valence-corrected chi connectivity index (χ3v) is 2.72. The molecule has 0 unspecified atom stereocenters. The standard InChI is InChI=1S/C11H7ClN4O/c12-10-9-8(6-13-14-9)11(17)16(15-10)7-4-2-1-3-5-7/h1-6H,(H,13,14). The van der Waals surface area contributed by atoms with Crippen molar-refractivity contribution in [2.24, 2.45) is 0 Å². The minimum atomic E-state index is -0.246. The number of halogens is 1. The van der Waals surface area contributed by atoms with Gasteiger partial charge in [0, 0.05) is 0 Å². The lowest BCUT2D eigenvalue weighted by Crippen LogP contribution is -2.21. The fourth-order valence-electron chi connectivity index (χ4n) is 1.65. The molecule has 1 aromatic carbocycles. The van der Waals surface area contributed by atoms with Gasteiger partial charge in [0.25, 0.3) is 5.56 Å². The van der Waals surface area contributed by atoms with Crippen LogP contribution in [0, 0.1) is 0 Å². The van der Waals surface area contributed by atoms with Gasteiger partial charge < -0.3 is 0 Å². The van der Waals surface area contributed by atoms with E-state index in [4.69, 9.17) is 11.6 Å². The average molecular weight is 247 g/mol. The summed E-state index contributed by atoms with van der Waals surface area (Å²) < 4.78 is 1.26. The minimum absolute atomic E-state index is 0.223. The van der Waals surface area contributed by atoms with Crippen LogP contribution in [0.5, 0.6) is 0 Å². The topological polar surface area (TPSA) is 63.6 Å². The molecular weight excluding hydrogens is 240 g/mol. The summed E-state index contributed by atoms with van der Waals surface area (Å²) in [5, 5.41) is 11.1. The highest BCUT2D eigenvalue weighted by molar-refractivity contribution is 6.33. The van der Waals surface area contributed by atoms with Gasteiger partial charge in [-0.2, -0.15) is 14.9 Å². The van der Waals surface area contributed by atoms with Gasteiger partial charge >= 0.3 is 0 Å². The molecule has 5 nitrogen and oxygen atoms in total. The molecule has 0 spiro atoms. The predicted molar refractivity (Wildman–Crippen MR) is 64.5 cm³/mol. The van der Waals surface area contributed by atoms with Gasteiger partial charge in [-0.1, -0.05) is 29.8 Å². The van der Waals surface area contributed by atoms with Crippen LogP contribution in [-0.2, 0) is 0 Å². The van der Waals surface area contributed by atoms with E-state index in [-0.39, 0.29) is 10.7 Å². The van der Waals surface area contributed by atoms with Crippen LogP contribution in [0.25, 0.3) is 16.6 Å². The summed E-state index contributed by atoms with van der Waals surface area (Å²) in [6.07, 6.45) is 1.45. The predicted octanol–water partition coefficient (Wildman–Crippen LogP) is 1.76. The first-order valence-electron chi connectivity index (χ1n) is 4.95. The SMILES string of the molecule is O=c1c2cn[nH]c2c(Cl)nn1-c1ccccc1. The summed E-state index contributed by atoms with van der Waals surface area (Å²) in [6, 6.07) is 9.10. The van der Waals surface area contributed by atoms with E-state index in [1.165, 1.54) is 10.9 Å². The Morgan fingerprint density at radius 3 is 2.76 bits per heavy atom. The summed E-state index contributed by atoms with van der Waals surface area (Å²) in [5.74, 6) is 0. The van der Waals surface area contributed by atoms with Crippen molar-refractivity contribution in [2.45, 2.75) is 0 Å². The van der Waals surface area contributed by atoms with E-state index in [0.29, 0.717) is 16.6 Å². The van der Waals surface area contributed by atoms with Crippen LogP contribution < -0.4 is 5.56 Å². The number of benzene rings is 1. The Morgan fingerprint density at radius 2 is 2.00 bits per heavy atom. The maximum atomic E-state index is 12.1. The summed E-state index contributed by atoms with van der Waals surface area (Å²) in [7, 11) is 0. The van der Waals surface area contributed by atoms with E-state index < -0.39 is 0 Å². The zero-order valence-corrected chi connectivity index (χ0v) is 9.35. The largest absolute Gasteiger partial charge is 0.282 e. The monoisotopic (exact) mass is 246 g/mol. The van der Waals surface area contributed by atoms with Gasteiger partial charge in [-0.15, -0.1) is 0 Å². The molecule has 0 aliphatic rings. The lowest BCUT2D eigenvalue weighted by Gasteiger charge is -2.04. The Morgan fingerprint density at radius 1 is 1.24 bits per heavy atom. The van der Waals surface area contributed by atoms with Crippen molar-refractivity contribution < 1.29 is 0 Å². The summed E-state index contributed by atoms with van der Waals surface area (Å²) >= 11 is 5.98. The molecular formula is C11H7ClN4O. The molecule has 84 valence electrons. The van der Waals surface area contributed by atoms with Gasteiger partial charge in [-0.3, -0.25) is 9.89 Å². The van der Waals surface area contributed by atoms with E-state index in [0.717, 1.165) is 0 Å². The number of fused-ring (bicyclic) bond motifs is 1. The second kappa shape index (κ2) is 3.71. The Bertz CT molecular complexity index is 732. The molecule has 17 heavy (non-hydrogen) atoms. The average Bonchev–Trinajstić information content (AvgIpc) is 2.85. The maximum Gasteiger partial charge on any atom is 0.282 e. The minimum Gasteiger partial charge on any atom is -0.274 e. The van der Waals surface area contributed by atoms with Gasteiger partial charge in [0.2, 0.25) is 0 Å². The molecule has 2 heterocycles. The molecule has 0 saturated heterocycles. The fourth-order valence-corrected chi connectivity index (χ4v) is 1.87.